The molecule has 2 amide bonds. The molecule has 2 saturated heterocycles. The Hall–Kier alpha value is -3.46. The van der Waals surface area contributed by atoms with Gasteiger partial charge < -0.3 is 29.7 Å². The van der Waals surface area contributed by atoms with Gasteiger partial charge in [0.1, 0.15) is 0 Å². The van der Waals surface area contributed by atoms with Gasteiger partial charge in [-0.1, -0.05) is 59.1 Å². The zero-order valence-corrected chi connectivity index (χ0v) is 27.8. The number of piperidine rings is 1. The van der Waals surface area contributed by atoms with Gasteiger partial charge in [0.25, 0.3) is 5.91 Å². The number of likely N-dealkylation sites (tertiary alicyclic amines) is 2. The minimum Gasteiger partial charge on any atom is -0.493 e. The minimum absolute atomic E-state index is 0.112. The Morgan fingerprint density at radius 1 is 0.822 bits per heavy atom. The molecular formula is C35H41Cl2N3O5. The second kappa shape index (κ2) is 13.5. The van der Waals surface area contributed by atoms with Crippen LogP contribution in [-0.4, -0.2) is 75.7 Å². The molecule has 2 N–H and O–H groups in total. The van der Waals surface area contributed by atoms with Crippen LogP contribution >= 0.6 is 23.2 Å². The van der Waals surface area contributed by atoms with Gasteiger partial charge in [-0.05, 0) is 87.6 Å². The minimum atomic E-state index is -0.664. The van der Waals surface area contributed by atoms with Crippen molar-refractivity contribution in [1.29, 1.82) is 0 Å². The zero-order valence-electron chi connectivity index (χ0n) is 26.3. The molecule has 2 aliphatic heterocycles. The maximum absolute atomic E-state index is 13.9. The van der Waals surface area contributed by atoms with Gasteiger partial charge in [-0.2, -0.15) is 0 Å². The highest BCUT2D eigenvalue weighted by Crippen LogP contribution is 2.43. The molecule has 0 radical (unpaired) electrons. The quantitative estimate of drug-likeness (QED) is 0.288. The third kappa shape index (κ3) is 6.46. The number of carbonyl (C=O) groups is 2. The molecule has 0 spiro atoms. The molecule has 10 heteroatoms. The van der Waals surface area contributed by atoms with Crippen LogP contribution in [0.2, 0.25) is 10.0 Å². The largest absolute Gasteiger partial charge is 0.493 e. The second-order valence-electron chi connectivity index (χ2n) is 12.2. The van der Waals surface area contributed by atoms with Gasteiger partial charge in [-0.15, -0.1) is 0 Å². The van der Waals surface area contributed by atoms with Gasteiger partial charge >= 0.3 is 0 Å². The summed E-state index contributed by atoms with van der Waals surface area (Å²) < 4.78 is 16.4. The number of nitrogens with two attached hydrogens (primary N) is 1. The molecule has 3 aromatic rings. The standard InChI is InChI=1S/C35H41Cl2N3O5/c1-23-5-7-25(8-6-23)35(33(38)42)13-16-39(17-14-35)15-11-34(26-9-10-27(36)28(37)21-26)12-18-40(22-34)32(41)24-19-29(43-2)31(45-4)30(20-24)44-3/h5-10,19-21H,11-18,22H2,1-4H3,(H2,38,42). The highest BCUT2D eigenvalue weighted by molar-refractivity contribution is 6.42. The van der Waals surface area contributed by atoms with Crippen molar-refractivity contribution < 1.29 is 23.8 Å². The first-order valence-corrected chi connectivity index (χ1v) is 16.0. The fourth-order valence-corrected chi connectivity index (χ4v) is 7.22. The van der Waals surface area contributed by atoms with Crippen LogP contribution in [0.1, 0.15) is 52.7 Å². The Balaban J connectivity index is 1.36. The SMILES string of the molecule is COc1cc(C(=O)N2CCC(CCN3CCC(C(N)=O)(c4ccc(C)cc4)CC3)(c3ccc(Cl)c(Cl)c3)C2)cc(OC)c1OC. The van der Waals surface area contributed by atoms with Gasteiger partial charge in [-0.25, -0.2) is 0 Å². The van der Waals surface area contributed by atoms with Crippen molar-refractivity contribution in [2.24, 2.45) is 5.73 Å². The molecule has 0 bridgehead atoms. The molecule has 8 nitrogen and oxygen atoms in total. The lowest BCUT2D eigenvalue weighted by Crippen LogP contribution is -2.50. The van der Waals surface area contributed by atoms with Crippen LogP contribution in [0.15, 0.2) is 54.6 Å². The van der Waals surface area contributed by atoms with Gasteiger partial charge in [0.15, 0.2) is 11.5 Å². The summed E-state index contributed by atoms with van der Waals surface area (Å²) in [6, 6.07) is 17.3. The number of aryl methyl sites for hydroxylation is 1. The summed E-state index contributed by atoms with van der Waals surface area (Å²) >= 11 is 12.8. The van der Waals surface area contributed by atoms with E-state index in [0.717, 1.165) is 49.2 Å². The molecule has 3 aromatic carbocycles. The van der Waals surface area contributed by atoms with Crippen LogP contribution < -0.4 is 19.9 Å². The molecule has 2 heterocycles. The van der Waals surface area contributed by atoms with E-state index in [9.17, 15) is 9.59 Å². The summed E-state index contributed by atoms with van der Waals surface area (Å²) in [6.07, 6.45) is 2.90. The monoisotopic (exact) mass is 653 g/mol. The van der Waals surface area contributed by atoms with Crippen LogP contribution in [0.3, 0.4) is 0 Å². The van der Waals surface area contributed by atoms with Gasteiger partial charge in [-0.3, -0.25) is 9.59 Å². The summed E-state index contributed by atoms with van der Waals surface area (Å²) in [7, 11) is 4.60. The number of nitrogens with zero attached hydrogens (tertiary/aromatic N) is 2. The number of benzene rings is 3. The number of hydrogen-bond donors (Lipinski definition) is 1. The number of primary amides is 1. The van der Waals surface area contributed by atoms with Crippen molar-refractivity contribution in [2.75, 3.05) is 54.1 Å². The van der Waals surface area contributed by atoms with E-state index in [1.54, 1.807) is 12.1 Å². The average molecular weight is 655 g/mol. The number of ether oxygens (including phenoxy) is 3. The maximum atomic E-state index is 13.9. The first kappa shape index (κ1) is 32.9. The van der Waals surface area contributed by atoms with Gasteiger partial charge in [0.05, 0.1) is 36.8 Å². The van der Waals surface area contributed by atoms with Gasteiger partial charge in [0, 0.05) is 24.1 Å². The Kier molecular flexibility index (Phi) is 9.87. The van der Waals surface area contributed by atoms with E-state index in [1.807, 2.05) is 54.3 Å². The zero-order chi connectivity index (χ0) is 32.4. The summed E-state index contributed by atoms with van der Waals surface area (Å²) in [4.78, 5) is 31.0. The predicted octanol–water partition coefficient (Wildman–Crippen LogP) is 6.02. The molecule has 1 unspecified atom stereocenters. The molecular weight excluding hydrogens is 613 g/mol. The van der Waals surface area contributed by atoms with Crippen molar-refractivity contribution in [2.45, 2.75) is 43.4 Å². The van der Waals surface area contributed by atoms with E-state index in [4.69, 9.17) is 43.1 Å². The van der Waals surface area contributed by atoms with Crippen molar-refractivity contribution in [1.82, 2.24) is 9.80 Å². The number of hydrogen-bond acceptors (Lipinski definition) is 6. The summed E-state index contributed by atoms with van der Waals surface area (Å²) in [6.45, 7) is 5.44. The first-order valence-electron chi connectivity index (χ1n) is 15.2. The highest BCUT2D eigenvalue weighted by atomic mass is 35.5. The first-order chi connectivity index (χ1) is 21.6. The molecule has 0 aliphatic carbocycles. The van der Waals surface area contributed by atoms with E-state index in [2.05, 4.69) is 4.90 Å². The Labute approximate surface area is 275 Å². The number of methoxy groups -OCH3 is 3. The van der Waals surface area contributed by atoms with Crippen LogP contribution in [0.5, 0.6) is 17.2 Å². The molecule has 0 aromatic heterocycles. The van der Waals surface area contributed by atoms with Crippen LogP contribution in [0, 0.1) is 6.92 Å². The molecule has 240 valence electrons. The van der Waals surface area contributed by atoms with Crippen molar-refractivity contribution in [3.63, 3.8) is 0 Å². The molecule has 2 fully saturated rings. The number of rotatable bonds is 10. The maximum Gasteiger partial charge on any atom is 0.254 e. The fraction of sp³-hybridized carbons (Fsp3) is 0.429. The van der Waals surface area contributed by atoms with Crippen molar-refractivity contribution in [3.05, 3.63) is 86.9 Å². The lowest BCUT2D eigenvalue weighted by Gasteiger charge is -2.41. The molecule has 2 aliphatic rings. The topological polar surface area (TPSA) is 94.3 Å². The molecule has 0 saturated carbocycles. The number of halogens is 2. The summed E-state index contributed by atoms with van der Waals surface area (Å²) in [5, 5.41) is 0.985. The highest BCUT2D eigenvalue weighted by Gasteiger charge is 2.44. The molecule has 45 heavy (non-hydrogen) atoms. The van der Waals surface area contributed by atoms with E-state index in [0.29, 0.717) is 58.8 Å². The Morgan fingerprint density at radius 3 is 2.00 bits per heavy atom. The van der Waals surface area contributed by atoms with E-state index < -0.39 is 5.41 Å². The Bertz CT molecular complexity index is 1530. The Morgan fingerprint density at radius 2 is 1.44 bits per heavy atom. The second-order valence-corrected chi connectivity index (χ2v) is 13.0. The van der Waals surface area contributed by atoms with Crippen molar-refractivity contribution >= 4 is 35.0 Å². The predicted molar refractivity (Wildman–Crippen MR) is 177 cm³/mol. The van der Waals surface area contributed by atoms with E-state index >= 15 is 0 Å². The lowest BCUT2D eigenvalue weighted by molar-refractivity contribution is -0.125. The van der Waals surface area contributed by atoms with Gasteiger partial charge in [0.2, 0.25) is 11.7 Å². The number of carbonyl (C=O) groups excluding carboxylic acids is 2. The summed E-state index contributed by atoms with van der Waals surface area (Å²) in [5.41, 5.74) is 8.68. The number of amides is 2. The molecule has 5 rings (SSSR count). The third-order valence-electron chi connectivity index (χ3n) is 9.78. The smallest absolute Gasteiger partial charge is 0.254 e. The van der Waals surface area contributed by atoms with Crippen LogP contribution in [0.25, 0.3) is 0 Å². The van der Waals surface area contributed by atoms with Crippen LogP contribution in [-0.2, 0) is 15.6 Å². The third-order valence-corrected chi connectivity index (χ3v) is 10.5. The van der Waals surface area contributed by atoms with E-state index in [1.165, 1.54) is 21.3 Å². The fourth-order valence-electron chi connectivity index (χ4n) is 6.92. The van der Waals surface area contributed by atoms with E-state index in [-0.39, 0.29) is 17.2 Å². The van der Waals surface area contributed by atoms with Crippen LogP contribution in [0.4, 0.5) is 0 Å². The van der Waals surface area contributed by atoms with Crippen molar-refractivity contribution in [3.8, 4) is 17.2 Å². The summed E-state index contributed by atoms with van der Waals surface area (Å²) in [5.74, 6) is 0.914. The average Bonchev–Trinajstić information content (AvgIpc) is 3.50. The lowest BCUT2D eigenvalue weighted by atomic mass is 9.71. The molecule has 1 atom stereocenters. The normalized spacial score (nSPS) is 19.7.